The Bertz CT molecular complexity index is 424. The molecule has 0 saturated heterocycles. The van der Waals surface area contributed by atoms with Crippen LogP contribution < -0.4 is 9.67 Å². The molecule has 8 heteroatoms. The van der Waals surface area contributed by atoms with Crippen LogP contribution >= 0.6 is 0 Å². The number of nitrogens with zero attached hydrogens (tertiary/aromatic N) is 2. The van der Waals surface area contributed by atoms with Crippen LogP contribution in [0.5, 0.6) is 0 Å². The van der Waals surface area contributed by atoms with Gasteiger partial charge in [0.25, 0.3) is 0 Å². The molecule has 0 aliphatic rings. The summed E-state index contributed by atoms with van der Waals surface area (Å²) in [5.41, 5.74) is 0. The van der Waals surface area contributed by atoms with Crippen molar-refractivity contribution in [3.05, 3.63) is 18.7 Å². The Balaban J connectivity index is 0. The monoisotopic (exact) mass is 302 g/mol. The number of aliphatic carboxylic acids is 3. The highest BCUT2D eigenvalue weighted by atomic mass is 16.4. The molecule has 0 radical (unpaired) electrons. The topological polar surface area (TPSA) is 124 Å². The van der Waals surface area contributed by atoms with Crippen LogP contribution in [0.15, 0.2) is 18.7 Å². The fourth-order valence-corrected chi connectivity index (χ4v) is 1.11. The van der Waals surface area contributed by atoms with Crippen molar-refractivity contribution in [1.82, 2.24) is 4.57 Å². The molecule has 1 rings (SSSR count). The number of aromatic nitrogens is 2. The van der Waals surface area contributed by atoms with Crippen LogP contribution in [0.2, 0.25) is 0 Å². The summed E-state index contributed by atoms with van der Waals surface area (Å²) in [4.78, 5) is 28.2. The van der Waals surface area contributed by atoms with Crippen LogP contribution in [0.4, 0.5) is 0 Å². The minimum Gasteiger partial charge on any atom is -0.550 e. The molecule has 0 aliphatic carbocycles. The van der Waals surface area contributed by atoms with E-state index in [-0.39, 0.29) is 12.8 Å². The Labute approximate surface area is 123 Å². The largest absolute Gasteiger partial charge is 0.550 e. The van der Waals surface area contributed by atoms with Crippen molar-refractivity contribution < 1.29 is 34.3 Å². The third-order valence-corrected chi connectivity index (χ3v) is 1.86. The zero-order chi connectivity index (χ0) is 16.8. The second-order valence-electron chi connectivity index (χ2n) is 4.10. The van der Waals surface area contributed by atoms with Crippen LogP contribution in [0.3, 0.4) is 0 Å². The van der Waals surface area contributed by atoms with Gasteiger partial charge in [0.05, 0.1) is 26.4 Å². The van der Waals surface area contributed by atoms with Crippen LogP contribution in [-0.4, -0.2) is 32.7 Å². The van der Waals surface area contributed by atoms with Gasteiger partial charge in [0.2, 0.25) is 6.33 Å². The number of carbonyl (C=O) groups excluding carboxylic acids is 1. The van der Waals surface area contributed by atoms with E-state index in [0.29, 0.717) is 0 Å². The Kier molecular flexibility index (Phi) is 12.6. The van der Waals surface area contributed by atoms with E-state index < -0.39 is 17.9 Å². The first kappa shape index (κ1) is 20.9. The van der Waals surface area contributed by atoms with E-state index in [2.05, 4.69) is 34.8 Å². The second-order valence-corrected chi connectivity index (χ2v) is 4.10. The summed E-state index contributed by atoms with van der Waals surface area (Å²) < 4.78 is 4.23. The molecule has 0 saturated carbocycles. The van der Waals surface area contributed by atoms with Crippen LogP contribution in [-0.2, 0) is 28.0 Å². The molecule has 1 heterocycles. The summed E-state index contributed by atoms with van der Waals surface area (Å²) in [7, 11) is 2.03. The lowest BCUT2D eigenvalue weighted by Gasteiger charge is -1.86. The Hall–Kier alpha value is -2.38. The summed E-state index contributed by atoms with van der Waals surface area (Å²) in [6.07, 6.45) is 6.84. The number of aryl methyl sites for hydroxylation is 2. The Morgan fingerprint density at radius 2 is 1.62 bits per heavy atom. The average Bonchev–Trinajstić information content (AvgIpc) is 2.73. The molecule has 2 N–H and O–H groups in total. The first-order valence-electron chi connectivity index (χ1n) is 6.31. The number of imidazole rings is 1. The minimum atomic E-state index is -1.08. The van der Waals surface area contributed by atoms with Crippen LogP contribution in [0.25, 0.3) is 0 Å². The van der Waals surface area contributed by atoms with E-state index in [1.54, 1.807) is 0 Å². The molecule has 0 aliphatic heterocycles. The summed E-state index contributed by atoms with van der Waals surface area (Å²) >= 11 is 0. The molecule has 120 valence electrons. The molecular formula is C13H22N2O6. The summed E-state index contributed by atoms with van der Waals surface area (Å²) in [5, 5.41) is 24.7. The SMILES string of the molecule is CC(=O)[O-].CCCn1cc[n+](C)c1.O=C(O)CCC(=O)O. The van der Waals surface area contributed by atoms with Gasteiger partial charge in [-0.05, 0) is 13.3 Å². The van der Waals surface area contributed by atoms with Gasteiger partial charge >= 0.3 is 11.9 Å². The summed E-state index contributed by atoms with van der Waals surface area (Å²) in [5.74, 6) is -3.24. The fraction of sp³-hybridized carbons (Fsp3) is 0.538. The third-order valence-electron chi connectivity index (χ3n) is 1.86. The van der Waals surface area contributed by atoms with Crippen molar-refractivity contribution >= 4 is 17.9 Å². The fourth-order valence-electron chi connectivity index (χ4n) is 1.11. The van der Waals surface area contributed by atoms with Crippen molar-refractivity contribution in [2.45, 2.75) is 39.7 Å². The van der Waals surface area contributed by atoms with Gasteiger partial charge < -0.3 is 20.1 Å². The smallest absolute Gasteiger partial charge is 0.303 e. The van der Waals surface area contributed by atoms with Gasteiger partial charge in [0, 0.05) is 5.97 Å². The molecule has 0 atom stereocenters. The third kappa shape index (κ3) is 20.1. The molecule has 0 fully saturated rings. The van der Waals surface area contributed by atoms with Crippen LogP contribution in [0.1, 0.15) is 33.1 Å². The molecule has 21 heavy (non-hydrogen) atoms. The van der Waals surface area contributed by atoms with E-state index >= 15 is 0 Å². The standard InChI is InChI=1S/C7H13N2.C4H6O4.C2H4O2/c1-3-4-9-6-5-8(2)7-9;5-3(6)1-2-4(7)8;1-2(3)4/h5-7H,3-4H2,1-2H3;1-2H2,(H,5,6)(H,7,8);1H3,(H,3,4)/q+1;;/p-1. The molecule has 0 amide bonds. The number of rotatable bonds is 5. The zero-order valence-electron chi connectivity index (χ0n) is 12.5. The number of carboxylic acid groups (broad SMARTS) is 3. The lowest BCUT2D eigenvalue weighted by Crippen LogP contribution is -2.23. The molecule has 0 spiro atoms. The van der Waals surface area contributed by atoms with Crippen LogP contribution in [0, 0.1) is 0 Å². The second kappa shape index (κ2) is 12.6. The molecule has 0 bridgehead atoms. The lowest BCUT2D eigenvalue weighted by atomic mass is 10.3. The highest BCUT2D eigenvalue weighted by molar-refractivity contribution is 5.75. The van der Waals surface area contributed by atoms with Crippen molar-refractivity contribution in [2.24, 2.45) is 7.05 Å². The van der Waals surface area contributed by atoms with Crippen molar-refractivity contribution in [1.29, 1.82) is 0 Å². The number of carbonyl (C=O) groups is 3. The summed E-state index contributed by atoms with van der Waals surface area (Å²) in [6, 6.07) is 0. The van der Waals surface area contributed by atoms with E-state index in [1.807, 2.05) is 7.05 Å². The Morgan fingerprint density at radius 1 is 1.19 bits per heavy atom. The maximum atomic E-state index is 9.64. The van der Waals surface area contributed by atoms with Gasteiger partial charge in [0.15, 0.2) is 0 Å². The predicted molar refractivity (Wildman–Crippen MR) is 71.1 cm³/mol. The molecule has 0 unspecified atom stereocenters. The minimum absolute atomic E-state index is 0.296. The Morgan fingerprint density at radius 3 is 1.86 bits per heavy atom. The zero-order valence-corrected chi connectivity index (χ0v) is 12.5. The maximum Gasteiger partial charge on any atom is 0.303 e. The highest BCUT2D eigenvalue weighted by Crippen LogP contribution is 1.86. The summed E-state index contributed by atoms with van der Waals surface area (Å²) in [6.45, 7) is 4.28. The van der Waals surface area contributed by atoms with Gasteiger partial charge in [-0.15, -0.1) is 0 Å². The quantitative estimate of drug-likeness (QED) is 0.701. The first-order valence-corrected chi connectivity index (χ1v) is 6.31. The molecular weight excluding hydrogens is 280 g/mol. The molecule has 8 nitrogen and oxygen atoms in total. The van der Waals surface area contributed by atoms with Gasteiger partial charge in [-0.1, -0.05) is 6.92 Å². The number of carboxylic acids is 3. The van der Waals surface area contributed by atoms with E-state index in [1.165, 1.54) is 6.42 Å². The van der Waals surface area contributed by atoms with Crippen molar-refractivity contribution in [2.75, 3.05) is 0 Å². The van der Waals surface area contributed by atoms with E-state index in [0.717, 1.165) is 13.5 Å². The normalized spacial score (nSPS) is 8.71. The first-order chi connectivity index (χ1) is 9.68. The van der Waals surface area contributed by atoms with E-state index in [4.69, 9.17) is 20.1 Å². The number of hydrogen-bond donors (Lipinski definition) is 2. The molecule has 1 aromatic heterocycles. The number of hydrogen-bond acceptors (Lipinski definition) is 4. The van der Waals surface area contributed by atoms with Gasteiger partial charge in [-0.3, -0.25) is 9.59 Å². The van der Waals surface area contributed by atoms with Gasteiger partial charge in [-0.25, -0.2) is 9.13 Å². The van der Waals surface area contributed by atoms with E-state index in [9.17, 15) is 9.59 Å². The lowest BCUT2D eigenvalue weighted by molar-refractivity contribution is -0.671. The van der Waals surface area contributed by atoms with Gasteiger partial charge in [0.1, 0.15) is 12.4 Å². The van der Waals surface area contributed by atoms with Crippen molar-refractivity contribution in [3.8, 4) is 0 Å². The molecule has 0 aromatic carbocycles. The maximum absolute atomic E-state index is 9.64. The molecule has 1 aromatic rings. The van der Waals surface area contributed by atoms with Gasteiger partial charge in [-0.2, -0.15) is 0 Å². The highest BCUT2D eigenvalue weighted by Gasteiger charge is 2.00. The average molecular weight is 302 g/mol. The predicted octanol–water partition coefficient (Wildman–Crippen LogP) is -0.585. The van der Waals surface area contributed by atoms with Crippen molar-refractivity contribution in [3.63, 3.8) is 0 Å².